The third kappa shape index (κ3) is 3.07. The van der Waals surface area contributed by atoms with Gasteiger partial charge in [0.1, 0.15) is 0 Å². The minimum Gasteiger partial charge on any atom is -0.299 e. The molecule has 0 aliphatic carbocycles. The second-order valence-corrected chi connectivity index (χ2v) is 6.62. The standard InChI is InChI=1S/C18H28N2/c1-15-7-9-17(10-8-15)16(2)20-13-5-12-19-11-4-3-6-18(19)14-20/h7-10,16,18H,3-6,11-14H2,1-2H3. The number of rotatable bonds is 2. The Morgan fingerprint density at radius 2 is 1.75 bits per heavy atom. The van der Waals surface area contributed by atoms with Gasteiger partial charge in [-0.1, -0.05) is 36.2 Å². The monoisotopic (exact) mass is 272 g/mol. The summed E-state index contributed by atoms with van der Waals surface area (Å²) in [5, 5.41) is 0. The van der Waals surface area contributed by atoms with Gasteiger partial charge in [-0.15, -0.1) is 0 Å². The Morgan fingerprint density at radius 1 is 1.00 bits per heavy atom. The maximum absolute atomic E-state index is 2.74. The van der Waals surface area contributed by atoms with Crippen molar-refractivity contribution in [3.63, 3.8) is 0 Å². The summed E-state index contributed by atoms with van der Waals surface area (Å²) in [6.45, 7) is 9.69. The SMILES string of the molecule is Cc1ccc(C(C)N2CCCN3CCCCC3C2)cc1. The second kappa shape index (κ2) is 6.28. The van der Waals surface area contributed by atoms with Crippen LogP contribution in [0.15, 0.2) is 24.3 Å². The molecule has 1 aromatic rings. The summed E-state index contributed by atoms with van der Waals surface area (Å²) >= 11 is 0. The Kier molecular flexibility index (Phi) is 4.42. The minimum absolute atomic E-state index is 0.553. The van der Waals surface area contributed by atoms with Crippen molar-refractivity contribution in [2.24, 2.45) is 0 Å². The van der Waals surface area contributed by atoms with Crippen LogP contribution in [-0.2, 0) is 0 Å². The summed E-state index contributed by atoms with van der Waals surface area (Å²) in [5.74, 6) is 0. The predicted molar refractivity (Wildman–Crippen MR) is 85.0 cm³/mol. The molecule has 0 saturated carbocycles. The van der Waals surface area contributed by atoms with Crippen LogP contribution in [0.25, 0.3) is 0 Å². The van der Waals surface area contributed by atoms with Gasteiger partial charge < -0.3 is 0 Å². The van der Waals surface area contributed by atoms with Gasteiger partial charge in [-0.2, -0.15) is 0 Å². The maximum atomic E-state index is 2.74. The van der Waals surface area contributed by atoms with E-state index in [1.165, 1.54) is 63.0 Å². The first-order valence-corrected chi connectivity index (χ1v) is 8.29. The van der Waals surface area contributed by atoms with E-state index in [2.05, 4.69) is 47.9 Å². The molecule has 3 rings (SSSR count). The van der Waals surface area contributed by atoms with Gasteiger partial charge >= 0.3 is 0 Å². The molecule has 2 nitrogen and oxygen atoms in total. The molecule has 0 bridgehead atoms. The van der Waals surface area contributed by atoms with Gasteiger partial charge in [-0.25, -0.2) is 0 Å². The number of piperidine rings is 1. The Labute approximate surface area is 123 Å². The molecular weight excluding hydrogens is 244 g/mol. The molecule has 2 aliphatic heterocycles. The van der Waals surface area contributed by atoms with Crippen molar-refractivity contribution in [2.75, 3.05) is 26.2 Å². The molecule has 110 valence electrons. The van der Waals surface area contributed by atoms with Crippen molar-refractivity contribution in [1.29, 1.82) is 0 Å². The van der Waals surface area contributed by atoms with Gasteiger partial charge in [0.05, 0.1) is 0 Å². The number of aryl methyl sites for hydroxylation is 1. The number of fused-ring (bicyclic) bond motifs is 1. The lowest BCUT2D eigenvalue weighted by Crippen LogP contribution is -2.44. The summed E-state index contributed by atoms with van der Waals surface area (Å²) in [6.07, 6.45) is 5.56. The van der Waals surface area contributed by atoms with Gasteiger partial charge in [-0.3, -0.25) is 9.80 Å². The predicted octanol–water partition coefficient (Wildman–Crippen LogP) is 3.62. The fourth-order valence-electron chi connectivity index (χ4n) is 3.81. The van der Waals surface area contributed by atoms with E-state index in [-0.39, 0.29) is 0 Å². The molecule has 0 radical (unpaired) electrons. The van der Waals surface area contributed by atoms with Gasteiger partial charge in [0, 0.05) is 25.2 Å². The number of benzene rings is 1. The molecule has 0 N–H and O–H groups in total. The lowest BCUT2D eigenvalue weighted by molar-refractivity contribution is 0.123. The van der Waals surface area contributed by atoms with Crippen molar-refractivity contribution >= 4 is 0 Å². The van der Waals surface area contributed by atoms with Crippen LogP contribution < -0.4 is 0 Å². The lowest BCUT2D eigenvalue weighted by Gasteiger charge is -2.37. The van der Waals surface area contributed by atoms with Crippen LogP contribution in [-0.4, -0.2) is 42.0 Å². The first-order valence-electron chi connectivity index (χ1n) is 8.29. The zero-order chi connectivity index (χ0) is 13.9. The normalized spacial score (nSPS) is 26.8. The molecule has 0 aromatic heterocycles. The van der Waals surface area contributed by atoms with Gasteiger partial charge in [0.15, 0.2) is 0 Å². The molecule has 2 heteroatoms. The van der Waals surface area contributed by atoms with E-state index in [1.54, 1.807) is 0 Å². The highest BCUT2D eigenvalue weighted by Crippen LogP contribution is 2.27. The maximum Gasteiger partial charge on any atom is 0.0320 e. The Hall–Kier alpha value is -0.860. The third-order valence-electron chi connectivity index (χ3n) is 5.19. The van der Waals surface area contributed by atoms with Crippen molar-refractivity contribution < 1.29 is 0 Å². The molecule has 0 amide bonds. The number of hydrogen-bond donors (Lipinski definition) is 0. The fourth-order valence-corrected chi connectivity index (χ4v) is 3.81. The average molecular weight is 272 g/mol. The van der Waals surface area contributed by atoms with E-state index in [0.29, 0.717) is 6.04 Å². The Balaban J connectivity index is 1.70. The highest BCUT2D eigenvalue weighted by molar-refractivity contribution is 5.23. The van der Waals surface area contributed by atoms with E-state index < -0.39 is 0 Å². The van der Waals surface area contributed by atoms with Crippen LogP contribution in [0.3, 0.4) is 0 Å². The van der Waals surface area contributed by atoms with Crippen molar-refractivity contribution in [3.8, 4) is 0 Å². The molecule has 0 spiro atoms. The molecule has 2 unspecified atom stereocenters. The van der Waals surface area contributed by atoms with Crippen molar-refractivity contribution in [2.45, 2.75) is 51.6 Å². The molecule has 2 saturated heterocycles. The van der Waals surface area contributed by atoms with Gasteiger partial charge in [0.25, 0.3) is 0 Å². The molecule has 20 heavy (non-hydrogen) atoms. The van der Waals surface area contributed by atoms with E-state index in [9.17, 15) is 0 Å². The Bertz CT molecular complexity index is 426. The quantitative estimate of drug-likeness (QED) is 0.811. The smallest absolute Gasteiger partial charge is 0.0320 e. The zero-order valence-electron chi connectivity index (χ0n) is 13.0. The molecule has 2 fully saturated rings. The van der Waals surface area contributed by atoms with Crippen LogP contribution in [0.5, 0.6) is 0 Å². The van der Waals surface area contributed by atoms with E-state index >= 15 is 0 Å². The first kappa shape index (κ1) is 14.1. The van der Waals surface area contributed by atoms with Crippen LogP contribution in [0.1, 0.15) is 49.8 Å². The molecule has 2 heterocycles. The number of hydrogen-bond acceptors (Lipinski definition) is 2. The largest absolute Gasteiger partial charge is 0.299 e. The first-order chi connectivity index (χ1) is 9.74. The summed E-state index contributed by atoms with van der Waals surface area (Å²) in [7, 11) is 0. The van der Waals surface area contributed by atoms with E-state index in [4.69, 9.17) is 0 Å². The van der Waals surface area contributed by atoms with Crippen LogP contribution in [0.4, 0.5) is 0 Å². The van der Waals surface area contributed by atoms with Crippen LogP contribution >= 0.6 is 0 Å². The second-order valence-electron chi connectivity index (χ2n) is 6.62. The van der Waals surface area contributed by atoms with Crippen molar-refractivity contribution in [1.82, 2.24) is 9.80 Å². The average Bonchev–Trinajstić information content (AvgIpc) is 2.69. The van der Waals surface area contributed by atoms with Crippen molar-refractivity contribution in [3.05, 3.63) is 35.4 Å². The molecular formula is C18H28N2. The molecule has 2 aliphatic rings. The van der Waals surface area contributed by atoms with E-state index in [0.717, 1.165) is 6.04 Å². The summed E-state index contributed by atoms with van der Waals surface area (Å²) < 4.78 is 0. The topological polar surface area (TPSA) is 6.48 Å². The third-order valence-corrected chi connectivity index (χ3v) is 5.19. The van der Waals surface area contributed by atoms with Crippen LogP contribution in [0.2, 0.25) is 0 Å². The summed E-state index contributed by atoms with van der Waals surface area (Å²) in [4.78, 5) is 5.45. The molecule has 2 atom stereocenters. The number of nitrogens with zero attached hydrogens (tertiary/aromatic N) is 2. The van der Waals surface area contributed by atoms with Gasteiger partial charge in [-0.05, 0) is 51.8 Å². The highest BCUT2D eigenvalue weighted by Gasteiger charge is 2.29. The molecule has 1 aromatic carbocycles. The summed E-state index contributed by atoms with van der Waals surface area (Å²) in [5.41, 5.74) is 2.83. The fraction of sp³-hybridized carbons (Fsp3) is 0.667. The summed E-state index contributed by atoms with van der Waals surface area (Å²) in [6, 6.07) is 10.5. The van der Waals surface area contributed by atoms with E-state index in [1.807, 2.05) is 0 Å². The zero-order valence-corrected chi connectivity index (χ0v) is 13.0. The minimum atomic E-state index is 0.553. The Morgan fingerprint density at radius 3 is 2.55 bits per heavy atom. The highest BCUT2D eigenvalue weighted by atomic mass is 15.3. The van der Waals surface area contributed by atoms with Crippen LogP contribution in [0, 0.1) is 6.92 Å². The van der Waals surface area contributed by atoms with Gasteiger partial charge in [0.2, 0.25) is 0 Å². The lowest BCUT2D eigenvalue weighted by atomic mass is 10.0.